The Balaban J connectivity index is 2.50. The lowest BCUT2D eigenvalue weighted by Crippen LogP contribution is -2.42. The summed E-state index contributed by atoms with van der Waals surface area (Å²) in [4.78, 5) is 0. The van der Waals surface area contributed by atoms with Gasteiger partial charge in [0.1, 0.15) is 0 Å². The fourth-order valence-electron chi connectivity index (χ4n) is 2.14. The van der Waals surface area contributed by atoms with Crippen molar-refractivity contribution in [3.63, 3.8) is 0 Å². The van der Waals surface area contributed by atoms with E-state index >= 15 is 0 Å². The predicted octanol–water partition coefficient (Wildman–Crippen LogP) is 2.39. The second kappa shape index (κ2) is 5.39. The maximum Gasteiger partial charge on any atom is 0.191 e. The van der Waals surface area contributed by atoms with Crippen LogP contribution < -0.4 is 0 Å². The summed E-state index contributed by atoms with van der Waals surface area (Å²) >= 11 is 0. The summed E-state index contributed by atoms with van der Waals surface area (Å²) in [6.45, 7) is 12.0. The van der Waals surface area contributed by atoms with E-state index in [-0.39, 0.29) is 23.7 Å². The molecule has 3 atom stereocenters. The van der Waals surface area contributed by atoms with Crippen LogP contribution in [-0.4, -0.2) is 37.8 Å². The van der Waals surface area contributed by atoms with Gasteiger partial charge in [0.25, 0.3) is 0 Å². The van der Waals surface area contributed by atoms with Crippen molar-refractivity contribution in [2.45, 2.75) is 57.8 Å². The van der Waals surface area contributed by atoms with Crippen LogP contribution in [0.25, 0.3) is 0 Å². The van der Waals surface area contributed by atoms with E-state index in [9.17, 15) is 10.2 Å². The predicted molar refractivity (Wildman–Crippen MR) is 72.5 cm³/mol. The zero-order valence-corrected chi connectivity index (χ0v) is 12.9. The van der Waals surface area contributed by atoms with Gasteiger partial charge in [-0.2, -0.15) is 0 Å². The second-order valence-corrected chi connectivity index (χ2v) is 11.7. The van der Waals surface area contributed by atoms with Crippen LogP contribution in [0.15, 0.2) is 0 Å². The van der Waals surface area contributed by atoms with E-state index in [1.165, 1.54) is 0 Å². The van der Waals surface area contributed by atoms with Crippen LogP contribution in [-0.2, 0) is 4.43 Å². The Hall–Kier alpha value is 0.0969. The molecule has 0 aromatic rings. The van der Waals surface area contributed by atoms with Crippen molar-refractivity contribution in [2.75, 3.05) is 13.2 Å². The number of hydrogen-bond acceptors (Lipinski definition) is 3. The quantitative estimate of drug-likeness (QED) is 0.763. The smallest absolute Gasteiger partial charge is 0.191 e. The van der Waals surface area contributed by atoms with Crippen LogP contribution in [0.5, 0.6) is 0 Å². The molecule has 102 valence electrons. The molecule has 0 aromatic carbocycles. The molecule has 2 N–H and O–H groups in total. The van der Waals surface area contributed by atoms with Gasteiger partial charge in [0, 0.05) is 13.2 Å². The van der Waals surface area contributed by atoms with Gasteiger partial charge in [0.2, 0.25) is 0 Å². The molecule has 17 heavy (non-hydrogen) atoms. The minimum Gasteiger partial charge on any atom is -0.417 e. The Labute approximate surface area is 106 Å². The first-order valence-corrected chi connectivity index (χ1v) is 9.51. The molecule has 1 aliphatic carbocycles. The van der Waals surface area contributed by atoms with Crippen molar-refractivity contribution in [1.82, 2.24) is 0 Å². The lowest BCUT2D eigenvalue weighted by molar-refractivity contribution is 0.144. The Morgan fingerprint density at radius 3 is 2.18 bits per heavy atom. The molecule has 0 amide bonds. The normalized spacial score (nSPS) is 30.9. The van der Waals surface area contributed by atoms with Gasteiger partial charge >= 0.3 is 0 Å². The van der Waals surface area contributed by atoms with Crippen LogP contribution in [0.2, 0.25) is 18.1 Å². The summed E-state index contributed by atoms with van der Waals surface area (Å²) < 4.78 is 6.17. The Kier molecular flexibility index (Phi) is 4.80. The number of aliphatic hydroxyl groups is 2. The molecule has 0 heterocycles. The molecule has 1 fully saturated rings. The molecule has 0 aliphatic heterocycles. The van der Waals surface area contributed by atoms with Crippen molar-refractivity contribution in [3.05, 3.63) is 0 Å². The number of aliphatic hydroxyl groups excluding tert-OH is 2. The van der Waals surface area contributed by atoms with Crippen LogP contribution >= 0.6 is 0 Å². The van der Waals surface area contributed by atoms with Crippen molar-refractivity contribution in [2.24, 2.45) is 11.8 Å². The monoisotopic (exact) mass is 260 g/mol. The molecular weight excluding hydrogens is 232 g/mol. The third kappa shape index (κ3) is 3.78. The van der Waals surface area contributed by atoms with E-state index in [2.05, 4.69) is 33.9 Å². The second-order valence-electron chi connectivity index (χ2n) is 6.90. The van der Waals surface area contributed by atoms with E-state index in [4.69, 9.17) is 4.43 Å². The van der Waals surface area contributed by atoms with Crippen LogP contribution in [0.1, 0.15) is 33.6 Å². The summed E-state index contributed by atoms with van der Waals surface area (Å²) in [5.74, 6) is 0.541. The van der Waals surface area contributed by atoms with Crippen LogP contribution in [0.4, 0.5) is 0 Å². The average Bonchev–Trinajstić information content (AvgIpc) is 2.54. The highest BCUT2D eigenvalue weighted by molar-refractivity contribution is 6.74. The highest BCUT2D eigenvalue weighted by Crippen LogP contribution is 2.39. The van der Waals surface area contributed by atoms with Gasteiger partial charge in [-0.15, -0.1) is 0 Å². The van der Waals surface area contributed by atoms with Crippen molar-refractivity contribution in [1.29, 1.82) is 0 Å². The first-order chi connectivity index (χ1) is 7.67. The minimum absolute atomic E-state index is 0.169. The average molecular weight is 260 g/mol. The summed E-state index contributed by atoms with van der Waals surface area (Å²) in [5.41, 5.74) is 0. The van der Waals surface area contributed by atoms with Crippen LogP contribution in [0, 0.1) is 11.8 Å². The van der Waals surface area contributed by atoms with Crippen molar-refractivity contribution < 1.29 is 14.6 Å². The van der Waals surface area contributed by atoms with Crippen LogP contribution in [0.3, 0.4) is 0 Å². The van der Waals surface area contributed by atoms with Gasteiger partial charge in [-0.1, -0.05) is 20.8 Å². The molecule has 1 saturated carbocycles. The maximum atomic E-state index is 9.64. The van der Waals surface area contributed by atoms with E-state index < -0.39 is 8.32 Å². The standard InChI is InChI=1S/C13H28O3Si/c1-13(2,3)17(4,5)16-9-11-7-12(15)6-10(11)8-14/h10-12,14-15H,6-9H2,1-5H3/t10-,11+,12+/m0/s1. The van der Waals surface area contributed by atoms with E-state index in [0.29, 0.717) is 12.5 Å². The molecule has 4 heteroatoms. The molecular formula is C13H28O3Si. The molecule has 0 radical (unpaired) electrons. The molecule has 1 aliphatic rings. The highest BCUT2D eigenvalue weighted by Gasteiger charge is 2.39. The van der Waals surface area contributed by atoms with Gasteiger partial charge in [-0.3, -0.25) is 0 Å². The Morgan fingerprint density at radius 1 is 1.18 bits per heavy atom. The minimum atomic E-state index is -1.70. The Morgan fingerprint density at radius 2 is 1.71 bits per heavy atom. The third-order valence-corrected chi connectivity index (χ3v) is 9.02. The SMILES string of the molecule is CC(C)(C)[Si](C)(C)OC[C@H]1C[C@H](O)C[C@H]1CO. The summed E-state index contributed by atoms with van der Waals surface area (Å²) in [6.07, 6.45) is 1.25. The maximum absolute atomic E-state index is 9.64. The summed E-state index contributed by atoms with van der Waals surface area (Å²) in [6, 6.07) is 0. The number of rotatable bonds is 4. The molecule has 0 saturated heterocycles. The van der Waals surface area contributed by atoms with Crippen molar-refractivity contribution in [3.8, 4) is 0 Å². The van der Waals surface area contributed by atoms with Gasteiger partial charge < -0.3 is 14.6 Å². The van der Waals surface area contributed by atoms with Crippen molar-refractivity contribution >= 4 is 8.32 Å². The van der Waals surface area contributed by atoms with Gasteiger partial charge in [0.05, 0.1) is 6.10 Å². The highest BCUT2D eigenvalue weighted by atomic mass is 28.4. The molecule has 3 nitrogen and oxygen atoms in total. The molecule has 0 aromatic heterocycles. The molecule has 1 rings (SSSR count). The zero-order chi connectivity index (χ0) is 13.3. The lowest BCUT2D eigenvalue weighted by atomic mass is 9.98. The molecule has 0 bridgehead atoms. The number of hydrogen-bond donors (Lipinski definition) is 2. The van der Waals surface area contributed by atoms with Gasteiger partial charge in [0.15, 0.2) is 8.32 Å². The van der Waals surface area contributed by atoms with E-state index in [1.54, 1.807) is 0 Å². The first-order valence-electron chi connectivity index (χ1n) is 6.60. The topological polar surface area (TPSA) is 49.7 Å². The summed E-state index contributed by atoms with van der Waals surface area (Å²) in [5, 5.41) is 19.1. The Bertz CT molecular complexity index is 248. The largest absolute Gasteiger partial charge is 0.417 e. The zero-order valence-electron chi connectivity index (χ0n) is 11.9. The fourth-order valence-corrected chi connectivity index (χ4v) is 3.20. The first kappa shape index (κ1) is 15.2. The van der Waals surface area contributed by atoms with Gasteiger partial charge in [-0.05, 0) is 42.8 Å². The molecule has 0 spiro atoms. The lowest BCUT2D eigenvalue weighted by Gasteiger charge is -2.37. The summed E-state index contributed by atoms with van der Waals surface area (Å²) in [7, 11) is -1.70. The molecule has 0 unspecified atom stereocenters. The third-order valence-electron chi connectivity index (χ3n) is 4.52. The fraction of sp³-hybridized carbons (Fsp3) is 1.00. The van der Waals surface area contributed by atoms with E-state index in [0.717, 1.165) is 12.8 Å². The van der Waals surface area contributed by atoms with E-state index in [1.807, 2.05) is 0 Å². The van der Waals surface area contributed by atoms with Gasteiger partial charge in [-0.25, -0.2) is 0 Å².